The number of esters is 1. The molecule has 8 heteroatoms. The molecule has 0 aliphatic carbocycles. The number of nitrogens with one attached hydrogen (secondary N) is 1. The summed E-state index contributed by atoms with van der Waals surface area (Å²) in [6.07, 6.45) is 3.88. The van der Waals surface area contributed by atoms with Gasteiger partial charge in [0.2, 0.25) is 0 Å². The number of fused-ring (bicyclic) bond motifs is 1. The summed E-state index contributed by atoms with van der Waals surface area (Å²) in [5, 5.41) is 0.353. The quantitative estimate of drug-likeness (QED) is 0.695. The highest BCUT2D eigenvalue weighted by Gasteiger charge is 2.24. The number of aryl methyl sites for hydroxylation is 2. The van der Waals surface area contributed by atoms with Crippen LogP contribution >= 0.6 is 11.3 Å². The average molecular weight is 387 g/mol. The smallest absolute Gasteiger partial charge is 0.349 e. The first kappa shape index (κ1) is 19.0. The number of carbonyl (C=O) groups excluding carboxylic acids is 1. The minimum absolute atomic E-state index is 0.229. The summed E-state index contributed by atoms with van der Waals surface area (Å²) in [6.45, 7) is 7.26. The van der Waals surface area contributed by atoms with Gasteiger partial charge in [0.15, 0.2) is 0 Å². The van der Waals surface area contributed by atoms with E-state index >= 15 is 0 Å². The Morgan fingerprint density at radius 1 is 1.33 bits per heavy atom. The summed E-state index contributed by atoms with van der Waals surface area (Å²) in [5.74, 6) is -0.497. The summed E-state index contributed by atoms with van der Waals surface area (Å²) in [4.78, 5) is 45.2. The fraction of sp³-hybridized carbons (Fsp3) is 0.368. The highest BCUT2D eigenvalue weighted by Crippen LogP contribution is 2.28. The number of H-pyrrole nitrogens is 1. The second-order valence-corrected chi connectivity index (χ2v) is 8.28. The molecule has 3 rings (SSSR count). The monoisotopic (exact) mass is 387 g/mol. The third kappa shape index (κ3) is 4.00. The van der Waals surface area contributed by atoms with Gasteiger partial charge in [0.1, 0.15) is 15.3 Å². The van der Waals surface area contributed by atoms with E-state index in [9.17, 15) is 14.4 Å². The number of thiophene rings is 1. The van der Waals surface area contributed by atoms with Crippen LogP contribution in [0.25, 0.3) is 10.2 Å². The number of aromatic amines is 1. The molecule has 0 saturated heterocycles. The maximum Gasteiger partial charge on any atom is 0.349 e. The van der Waals surface area contributed by atoms with Crippen LogP contribution in [0.5, 0.6) is 0 Å². The lowest BCUT2D eigenvalue weighted by Gasteiger charge is -2.19. The highest BCUT2D eigenvalue weighted by atomic mass is 32.1. The predicted octanol–water partition coefficient (Wildman–Crippen LogP) is 2.65. The van der Waals surface area contributed by atoms with Gasteiger partial charge in [-0.25, -0.2) is 9.59 Å². The molecule has 0 spiro atoms. The van der Waals surface area contributed by atoms with Gasteiger partial charge < -0.3 is 4.74 Å². The summed E-state index contributed by atoms with van der Waals surface area (Å²) in [7, 11) is 0. The van der Waals surface area contributed by atoms with Gasteiger partial charge in [-0.1, -0.05) is 6.07 Å². The highest BCUT2D eigenvalue weighted by molar-refractivity contribution is 7.20. The van der Waals surface area contributed by atoms with E-state index in [4.69, 9.17) is 4.74 Å². The largest absolute Gasteiger partial charge is 0.456 e. The van der Waals surface area contributed by atoms with Gasteiger partial charge in [0.25, 0.3) is 5.56 Å². The number of carbonyl (C=O) groups is 1. The van der Waals surface area contributed by atoms with E-state index in [1.807, 2.05) is 12.1 Å². The number of rotatable bonds is 4. The Kier molecular flexibility index (Phi) is 5.01. The number of ether oxygens (including phenoxy) is 1. The first-order valence-corrected chi connectivity index (χ1v) is 9.37. The van der Waals surface area contributed by atoms with Crippen LogP contribution in [-0.2, 0) is 17.7 Å². The number of hydrogen-bond donors (Lipinski definition) is 1. The molecule has 0 amide bonds. The van der Waals surface area contributed by atoms with Gasteiger partial charge in [-0.05, 0) is 51.3 Å². The molecule has 27 heavy (non-hydrogen) atoms. The Labute approximate surface area is 159 Å². The van der Waals surface area contributed by atoms with Crippen molar-refractivity contribution >= 4 is 27.5 Å². The van der Waals surface area contributed by atoms with E-state index in [2.05, 4.69) is 9.97 Å². The molecule has 0 fully saturated rings. The molecule has 1 N–H and O–H groups in total. The minimum Gasteiger partial charge on any atom is -0.456 e. The van der Waals surface area contributed by atoms with Crippen molar-refractivity contribution in [2.45, 2.75) is 46.3 Å². The second-order valence-electron chi connectivity index (χ2n) is 7.26. The van der Waals surface area contributed by atoms with E-state index in [-0.39, 0.29) is 6.54 Å². The van der Waals surface area contributed by atoms with E-state index < -0.39 is 22.8 Å². The topological polar surface area (TPSA) is 94.1 Å². The SMILES string of the molecule is Cc1c(C(=O)OC(C)(C)C)sc2[nH]c(=O)n(CCc3cccnc3)c(=O)c12. The summed E-state index contributed by atoms with van der Waals surface area (Å²) in [6, 6.07) is 3.70. The molecule has 0 aliphatic rings. The van der Waals surface area contributed by atoms with Crippen LogP contribution in [0, 0.1) is 6.92 Å². The van der Waals surface area contributed by atoms with Crippen molar-refractivity contribution in [3.05, 3.63) is 61.4 Å². The third-order valence-corrected chi connectivity index (χ3v) is 5.19. The van der Waals surface area contributed by atoms with Gasteiger partial charge >= 0.3 is 11.7 Å². The Bertz CT molecular complexity index is 1100. The molecule has 3 aromatic rings. The molecule has 0 bridgehead atoms. The fourth-order valence-electron chi connectivity index (χ4n) is 2.76. The van der Waals surface area contributed by atoms with Crippen LogP contribution in [0.2, 0.25) is 0 Å². The molecule has 7 nitrogen and oxygen atoms in total. The molecule has 0 unspecified atom stereocenters. The number of pyridine rings is 1. The second kappa shape index (κ2) is 7.11. The van der Waals surface area contributed by atoms with Gasteiger partial charge in [0, 0.05) is 18.9 Å². The molecular formula is C19H21N3O4S. The third-order valence-electron chi connectivity index (χ3n) is 4.00. The van der Waals surface area contributed by atoms with Gasteiger partial charge in [-0.2, -0.15) is 0 Å². The lowest BCUT2D eigenvalue weighted by Crippen LogP contribution is -2.35. The van der Waals surface area contributed by atoms with Crippen molar-refractivity contribution in [1.29, 1.82) is 0 Å². The van der Waals surface area contributed by atoms with Crippen LogP contribution < -0.4 is 11.2 Å². The first-order chi connectivity index (χ1) is 12.7. The zero-order valence-corrected chi connectivity index (χ0v) is 16.5. The maximum absolute atomic E-state index is 12.9. The summed E-state index contributed by atoms with van der Waals surface area (Å²) < 4.78 is 6.56. The zero-order valence-electron chi connectivity index (χ0n) is 15.7. The molecule has 3 heterocycles. The Morgan fingerprint density at radius 3 is 2.70 bits per heavy atom. The number of nitrogens with zero attached hydrogens (tertiary/aromatic N) is 2. The van der Waals surface area contributed by atoms with Crippen molar-refractivity contribution in [2.24, 2.45) is 0 Å². The Morgan fingerprint density at radius 2 is 2.07 bits per heavy atom. The van der Waals surface area contributed by atoms with Gasteiger partial charge in [0.05, 0.1) is 5.39 Å². The molecule has 3 aromatic heterocycles. The lowest BCUT2D eigenvalue weighted by atomic mass is 10.2. The van der Waals surface area contributed by atoms with E-state index in [1.54, 1.807) is 40.1 Å². The zero-order chi connectivity index (χ0) is 19.8. The maximum atomic E-state index is 12.9. The molecule has 0 radical (unpaired) electrons. The lowest BCUT2D eigenvalue weighted by molar-refractivity contribution is 0.00746. The molecule has 0 aromatic carbocycles. The first-order valence-electron chi connectivity index (χ1n) is 8.56. The van der Waals surface area contributed by atoms with E-state index in [0.717, 1.165) is 21.5 Å². The molecule has 0 atom stereocenters. The number of hydrogen-bond acceptors (Lipinski definition) is 6. The summed E-state index contributed by atoms with van der Waals surface area (Å²) >= 11 is 1.07. The van der Waals surface area contributed by atoms with Gasteiger partial charge in [-0.3, -0.25) is 19.3 Å². The van der Waals surface area contributed by atoms with Crippen LogP contribution in [0.15, 0.2) is 34.1 Å². The fourth-order valence-corrected chi connectivity index (χ4v) is 3.83. The predicted molar refractivity (Wildman–Crippen MR) is 105 cm³/mol. The van der Waals surface area contributed by atoms with Crippen molar-refractivity contribution in [3.63, 3.8) is 0 Å². The molecule has 0 saturated carbocycles. The summed E-state index contributed by atoms with van der Waals surface area (Å²) in [5.41, 5.74) is -0.0765. The van der Waals surface area contributed by atoms with Crippen LogP contribution in [0.3, 0.4) is 0 Å². The standard InChI is InChI=1S/C19H21N3O4S/c1-11-13-15(27-14(11)17(24)26-19(2,3)4)21-18(25)22(16(13)23)9-7-12-6-5-8-20-10-12/h5-6,8,10H,7,9H2,1-4H3,(H,21,25). The van der Waals surface area contributed by atoms with Crippen LogP contribution in [-0.4, -0.2) is 26.1 Å². The van der Waals surface area contributed by atoms with Crippen LogP contribution in [0.4, 0.5) is 0 Å². The molecule has 142 valence electrons. The van der Waals surface area contributed by atoms with Crippen molar-refractivity contribution in [1.82, 2.24) is 14.5 Å². The van der Waals surface area contributed by atoms with Gasteiger partial charge in [-0.15, -0.1) is 11.3 Å². The van der Waals surface area contributed by atoms with Crippen molar-refractivity contribution in [2.75, 3.05) is 0 Å². The van der Waals surface area contributed by atoms with E-state index in [1.165, 1.54) is 0 Å². The van der Waals surface area contributed by atoms with E-state index in [0.29, 0.717) is 27.1 Å². The van der Waals surface area contributed by atoms with Crippen molar-refractivity contribution < 1.29 is 9.53 Å². The Hall–Kier alpha value is -2.74. The van der Waals surface area contributed by atoms with Crippen molar-refractivity contribution in [3.8, 4) is 0 Å². The Balaban J connectivity index is 2.01. The normalized spacial score (nSPS) is 11.7. The van der Waals surface area contributed by atoms with Crippen LogP contribution in [0.1, 0.15) is 41.6 Å². The molecule has 0 aliphatic heterocycles. The number of aromatic nitrogens is 3. The minimum atomic E-state index is -0.642. The average Bonchev–Trinajstić information content (AvgIpc) is 2.90. The molecular weight excluding hydrogens is 366 g/mol.